The van der Waals surface area contributed by atoms with Gasteiger partial charge in [-0.05, 0) is 11.6 Å². The van der Waals surface area contributed by atoms with Crippen LogP contribution < -0.4 is 10.6 Å². The Labute approximate surface area is 94.2 Å². The molecule has 0 unspecified atom stereocenters. The van der Waals surface area contributed by atoms with E-state index < -0.39 is 0 Å². The van der Waals surface area contributed by atoms with Gasteiger partial charge in [0.25, 0.3) is 0 Å². The highest BCUT2D eigenvalue weighted by atomic mass is 15.1. The van der Waals surface area contributed by atoms with Gasteiger partial charge >= 0.3 is 0 Å². The average molecular weight is 211 g/mol. The van der Waals surface area contributed by atoms with Crippen LogP contribution in [0.25, 0.3) is 10.9 Å². The summed E-state index contributed by atoms with van der Waals surface area (Å²) in [6.45, 7) is 0.827. The summed E-state index contributed by atoms with van der Waals surface area (Å²) in [5.74, 6) is 0. The molecule has 3 heteroatoms. The van der Waals surface area contributed by atoms with E-state index in [2.05, 4.69) is 39.9 Å². The Morgan fingerprint density at radius 1 is 1.19 bits per heavy atom. The van der Waals surface area contributed by atoms with Crippen LogP contribution in [0.1, 0.15) is 5.56 Å². The molecule has 0 saturated heterocycles. The summed E-state index contributed by atoms with van der Waals surface area (Å²) >= 11 is 0. The lowest BCUT2D eigenvalue weighted by Gasteiger charge is -2.06. The number of para-hydroxylation sites is 1. The van der Waals surface area contributed by atoms with E-state index in [0.29, 0.717) is 0 Å². The summed E-state index contributed by atoms with van der Waals surface area (Å²) in [5, 5.41) is 7.64. The lowest BCUT2D eigenvalue weighted by atomic mass is 10.1. The zero-order valence-corrected chi connectivity index (χ0v) is 8.90. The fourth-order valence-electron chi connectivity index (χ4n) is 2.02. The van der Waals surface area contributed by atoms with Gasteiger partial charge in [0, 0.05) is 29.9 Å². The molecule has 0 atom stereocenters. The molecule has 1 aliphatic rings. The SMILES string of the molecule is C1=C(Cc2cccc3cccnc23)NCN1. The Bertz CT molecular complexity index is 540. The van der Waals surface area contributed by atoms with Crippen LogP contribution >= 0.6 is 0 Å². The fourth-order valence-corrected chi connectivity index (χ4v) is 2.02. The summed E-state index contributed by atoms with van der Waals surface area (Å²) in [5.41, 5.74) is 3.58. The highest BCUT2D eigenvalue weighted by Crippen LogP contribution is 2.18. The number of allylic oxidation sites excluding steroid dienone is 1. The van der Waals surface area contributed by atoms with Gasteiger partial charge < -0.3 is 10.6 Å². The summed E-state index contributed by atoms with van der Waals surface area (Å²) in [6.07, 6.45) is 4.78. The number of nitrogens with zero attached hydrogens (tertiary/aromatic N) is 1. The normalized spacial score (nSPS) is 14.4. The maximum atomic E-state index is 4.45. The Kier molecular flexibility index (Phi) is 2.22. The van der Waals surface area contributed by atoms with Crippen LogP contribution in [0.4, 0.5) is 0 Å². The maximum absolute atomic E-state index is 4.45. The van der Waals surface area contributed by atoms with Gasteiger partial charge in [0.15, 0.2) is 0 Å². The monoisotopic (exact) mass is 211 g/mol. The standard InChI is InChI=1S/C13H13N3/c1-3-10-5-2-6-15-13(10)11(4-1)7-12-8-14-9-16-12/h1-6,8,14,16H,7,9H2. The van der Waals surface area contributed by atoms with Crippen molar-refractivity contribution in [1.82, 2.24) is 15.6 Å². The second-order valence-corrected chi connectivity index (χ2v) is 3.90. The molecule has 2 N–H and O–H groups in total. The number of rotatable bonds is 2. The van der Waals surface area contributed by atoms with E-state index in [1.165, 1.54) is 16.6 Å². The van der Waals surface area contributed by atoms with Crippen LogP contribution in [0.5, 0.6) is 0 Å². The van der Waals surface area contributed by atoms with Crippen molar-refractivity contribution >= 4 is 10.9 Å². The Morgan fingerprint density at radius 3 is 3.00 bits per heavy atom. The van der Waals surface area contributed by atoms with Gasteiger partial charge in [-0.3, -0.25) is 4.98 Å². The molecular formula is C13H13N3. The van der Waals surface area contributed by atoms with Crippen molar-refractivity contribution in [2.75, 3.05) is 6.67 Å². The minimum absolute atomic E-state index is 0.827. The molecule has 0 amide bonds. The summed E-state index contributed by atoms with van der Waals surface area (Å²) in [4.78, 5) is 4.45. The van der Waals surface area contributed by atoms with Gasteiger partial charge in [-0.25, -0.2) is 0 Å². The number of aromatic nitrogens is 1. The molecule has 0 fully saturated rings. The molecular weight excluding hydrogens is 198 g/mol. The number of hydrogen-bond acceptors (Lipinski definition) is 3. The van der Waals surface area contributed by atoms with Crippen LogP contribution in [0, 0.1) is 0 Å². The first kappa shape index (κ1) is 9.21. The Hall–Kier alpha value is -2.03. The molecule has 1 aromatic heterocycles. The third kappa shape index (κ3) is 1.60. The smallest absolute Gasteiger partial charge is 0.0843 e. The molecule has 0 saturated carbocycles. The molecule has 1 aliphatic heterocycles. The summed E-state index contributed by atoms with van der Waals surface area (Å²) < 4.78 is 0. The number of benzene rings is 1. The van der Waals surface area contributed by atoms with Crippen molar-refractivity contribution in [2.45, 2.75) is 6.42 Å². The number of nitrogens with one attached hydrogen (secondary N) is 2. The van der Waals surface area contributed by atoms with Gasteiger partial charge in [0.1, 0.15) is 0 Å². The van der Waals surface area contributed by atoms with E-state index in [-0.39, 0.29) is 0 Å². The van der Waals surface area contributed by atoms with E-state index in [4.69, 9.17) is 0 Å². The minimum atomic E-state index is 0.827. The quantitative estimate of drug-likeness (QED) is 0.795. The molecule has 16 heavy (non-hydrogen) atoms. The highest BCUT2D eigenvalue weighted by molar-refractivity contribution is 5.81. The molecule has 0 bridgehead atoms. The average Bonchev–Trinajstić information content (AvgIpc) is 2.82. The van der Waals surface area contributed by atoms with Gasteiger partial charge in [0.05, 0.1) is 12.2 Å². The van der Waals surface area contributed by atoms with Crippen LogP contribution in [0.3, 0.4) is 0 Å². The Balaban J connectivity index is 2.02. The molecule has 80 valence electrons. The first-order valence-corrected chi connectivity index (χ1v) is 5.42. The largest absolute Gasteiger partial charge is 0.372 e. The topological polar surface area (TPSA) is 37.0 Å². The third-order valence-corrected chi connectivity index (χ3v) is 2.79. The van der Waals surface area contributed by atoms with Crippen molar-refractivity contribution in [1.29, 1.82) is 0 Å². The molecule has 1 aromatic carbocycles. The molecule has 2 aromatic rings. The minimum Gasteiger partial charge on any atom is -0.372 e. The second-order valence-electron chi connectivity index (χ2n) is 3.90. The molecule has 0 radical (unpaired) electrons. The number of fused-ring (bicyclic) bond motifs is 1. The van der Waals surface area contributed by atoms with E-state index in [0.717, 1.165) is 18.6 Å². The van der Waals surface area contributed by atoms with Gasteiger partial charge in [0.2, 0.25) is 0 Å². The third-order valence-electron chi connectivity index (χ3n) is 2.79. The van der Waals surface area contributed by atoms with Crippen LogP contribution in [-0.4, -0.2) is 11.7 Å². The number of pyridine rings is 1. The molecule has 3 rings (SSSR count). The predicted molar refractivity (Wildman–Crippen MR) is 64.7 cm³/mol. The van der Waals surface area contributed by atoms with Crippen molar-refractivity contribution < 1.29 is 0 Å². The second kappa shape index (κ2) is 3.85. The van der Waals surface area contributed by atoms with Crippen molar-refractivity contribution in [3.63, 3.8) is 0 Å². The van der Waals surface area contributed by atoms with E-state index in [1.807, 2.05) is 18.5 Å². The first-order valence-electron chi connectivity index (χ1n) is 5.42. The zero-order valence-electron chi connectivity index (χ0n) is 8.90. The first-order chi connectivity index (χ1) is 7.93. The van der Waals surface area contributed by atoms with Crippen LogP contribution in [-0.2, 0) is 6.42 Å². The van der Waals surface area contributed by atoms with Crippen LogP contribution in [0.15, 0.2) is 48.4 Å². The van der Waals surface area contributed by atoms with E-state index in [9.17, 15) is 0 Å². The molecule has 2 heterocycles. The van der Waals surface area contributed by atoms with Gasteiger partial charge in [-0.15, -0.1) is 0 Å². The fraction of sp³-hybridized carbons (Fsp3) is 0.154. The maximum Gasteiger partial charge on any atom is 0.0843 e. The van der Waals surface area contributed by atoms with E-state index in [1.54, 1.807) is 0 Å². The summed E-state index contributed by atoms with van der Waals surface area (Å²) in [7, 11) is 0. The van der Waals surface area contributed by atoms with E-state index >= 15 is 0 Å². The zero-order chi connectivity index (χ0) is 10.8. The molecule has 0 aliphatic carbocycles. The highest BCUT2D eigenvalue weighted by Gasteiger charge is 2.07. The molecule has 3 nitrogen and oxygen atoms in total. The lowest BCUT2D eigenvalue weighted by molar-refractivity contribution is 0.798. The predicted octanol–water partition coefficient (Wildman–Crippen LogP) is 1.77. The van der Waals surface area contributed by atoms with Crippen molar-refractivity contribution in [3.8, 4) is 0 Å². The van der Waals surface area contributed by atoms with Gasteiger partial charge in [-0.2, -0.15) is 0 Å². The van der Waals surface area contributed by atoms with Crippen molar-refractivity contribution in [3.05, 3.63) is 54.0 Å². The Morgan fingerprint density at radius 2 is 2.12 bits per heavy atom. The molecule has 0 spiro atoms. The van der Waals surface area contributed by atoms with Gasteiger partial charge in [-0.1, -0.05) is 24.3 Å². The number of hydrogen-bond donors (Lipinski definition) is 2. The van der Waals surface area contributed by atoms with Crippen molar-refractivity contribution in [2.24, 2.45) is 0 Å². The van der Waals surface area contributed by atoms with Crippen LogP contribution in [0.2, 0.25) is 0 Å². The lowest BCUT2D eigenvalue weighted by Crippen LogP contribution is -2.15. The summed E-state index contributed by atoms with van der Waals surface area (Å²) in [6, 6.07) is 10.4.